The van der Waals surface area contributed by atoms with Gasteiger partial charge < -0.3 is 28.4 Å². The third-order valence-corrected chi connectivity index (χ3v) is 8.14. The molecule has 3 aromatic carbocycles. The number of ether oxygens (including phenoxy) is 3. The van der Waals surface area contributed by atoms with Crippen molar-refractivity contribution in [1.82, 2.24) is 4.90 Å². The normalized spacial score (nSPS) is 16.5. The van der Waals surface area contributed by atoms with E-state index in [4.69, 9.17) is 35.1 Å². The molecule has 7 nitrogen and oxygen atoms in total. The second-order valence-corrected chi connectivity index (χ2v) is 13.4. The predicted octanol–water partition coefficient (Wildman–Crippen LogP) is 7.74. The average Bonchev–Trinajstić information content (AvgIpc) is 3.16. The van der Waals surface area contributed by atoms with Gasteiger partial charge in [-0.1, -0.05) is 60.1 Å². The molecule has 44 heavy (non-hydrogen) atoms. The summed E-state index contributed by atoms with van der Waals surface area (Å²) in [5.41, 5.74) is -0.352. The molecule has 3 aromatic rings. The molecule has 0 radical (unpaired) electrons. The molecule has 1 aliphatic rings. The third-order valence-electron chi connectivity index (χ3n) is 7.76. The first kappa shape index (κ1) is 33.8. The molecular formula is C34H42BClFNO6. The lowest BCUT2D eigenvalue weighted by molar-refractivity contribution is 0.00578. The summed E-state index contributed by atoms with van der Waals surface area (Å²) in [5.74, 6) is -0.522. The molecule has 0 bridgehead atoms. The number of amides is 1. The van der Waals surface area contributed by atoms with E-state index in [0.29, 0.717) is 23.4 Å². The van der Waals surface area contributed by atoms with Gasteiger partial charge in [0.25, 0.3) is 0 Å². The number of likely N-dealkylation sites (N-methyl/N-ethyl adjacent to an activating group) is 1. The van der Waals surface area contributed by atoms with E-state index in [9.17, 15) is 4.79 Å². The molecule has 0 aromatic heterocycles. The zero-order valence-corrected chi connectivity index (χ0v) is 27.5. The molecule has 1 heterocycles. The summed E-state index contributed by atoms with van der Waals surface area (Å²) in [4.78, 5) is 14.6. The molecule has 0 unspecified atom stereocenters. The summed E-state index contributed by atoms with van der Waals surface area (Å²) in [6.45, 7) is 13.7. The van der Waals surface area contributed by atoms with Crippen LogP contribution in [0, 0.1) is 5.82 Å². The second kappa shape index (κ2) is 13.5. The van der Waals surface area contributed by atoms with Gasteiger partial charge in [0.1, 0.15) is 22.9 Å². The highest BCUT2D eigenvalue weighted by molar-refractivity contribution is 6.66. The molecule has 0 aliphatic carbocycles. The monoisotopic (exact) mass is 625 g/mol. The van der Waals surface area contributed by atoms with Gasteiger partial charge in [0, 0.05) is 36.6 Å². The van der Waals surface area contributed by atoms with E-state index in [1.807, 2.05) is 76.2 Å². The summed E-state index contributed by atoms with van der Waals surface area (Å²) >= 11 is 6.76. The van der Waals surface area contributed by atoms with Crippen LogP contribution in [-0.2, 0) is 25.4 Å². The van der Waals surface area contributed by atoms with Crippen LogP contribution in [0.15, 0.2) is 66.7 Å². The van der Waals surface area contributed by atoms with Gasteiger partial charge in [0.2, 0.25) is 0 Å². The molecule has 1 amide bonds. The Bertz CT molecular complexity index is 1420. The average molecular weight is 626 g/mol. The Morgan fingerprint density at radius 3 is 2.14 bits per heavy atom. The van der Waals surface area contributed by atoms with Gasteiger partial charge in [-0.25, -0.2) is 9.18 Å². The predicted molar refractivity (Wildman–Crippen MR) is 171 cm³/mol. The van der Waals surface area contributed by atoms with Crippen LogP contribution in [0.4, 0.5) is 9.18 Å². The van der Waals surface area contributed by atoms with E-state index < -0.39 is 41.7 Å². The van der Waals surface area contributed by atoms with Crippen LogP contribution in [0.25, 0.3) is 0 Å². The molecule has 1 aliphatic heterocycles. The standard InChI is InChI=1S/C34H42BClFNO6/c1-32(2,3)42-31(39)38(8)20-24(22-40-21-23-15-11-9-12-16-23)28-27(41-25-17-13-10-14-18-25)19-26(37)30(36)29(28)35-43-33(4,5)34(6,7)44-35/h9-19,24H,20-22H2,1-8H3/t24-/m0/s1. The Balaban J connectivity index is 1.83. The molecular weight excluding hydrogens is 584 g/mol. The number of nitrogens with zero attached hydrogens (tertiary/aromatic N) is 1. The van der Waals surface area contributed by atoms with Gasteiger partial charge >= 0.3 is 13.2 Å². The lowest BCUT2D eigenvalue weighted by Crippen LogP contribution is -2.42. The smallest absolute Gasteiger partial charge is 0.457 e. The van der Waals surface area contributed by atoms with Gasteiger partial charge in [-0.15, -0.1) is 0 Å². The van der Waals surface area contributed by atoms with Gasteiger partial charge in [-0.3, -0.25) is 0 Å². The Kier molecular flexibility index (Phi) is 10.4. The van der Waals surface area contributed by atoms with E-state index in [2.05, 4.69) is 0 Å². The lowest BCUT2D eigenvalue weighted by Gasteiger charge is -2.32. The minimum Gasteiger partial charge on any atom is -0.457 e. The number of carbonyl (C=O) groups excluding carboxylic acids is 1. The zero-order valence-electron chi connectivity index (χ0n) is 26.8. The maximum Gasteiger partial charge on any atom is 0.496 e. The number of carbonyl (C=O) groups is 1. The fourth-order valence-corrected chi connectivity index (χ4v) is 5.06. The van der Waals surface area contributed by atoms with E-state index >= 15 is 4.39 Å². The minimum absolute atomic E-state index is 0.141. The van der Waals surface area contributed by atoms with Crippen LogP contribution < -0.4 is 10.2 Å². The first-order valence-corrected chi connectivity index (χ1v) is 15.1. The first-order chi connectivity index (χ1) is 20.6. The van der Waals surface area contributed by atoms with Crippen molar-refractivity contribution in [2.24, 2.45) is 0 Å². The van der Waals surface area contributed by atoms with Gasteiger partial charge in [0.05, 0.1) is 29.4 Å². The van der Waals surface area contributed by atoms with E-state index in [0.717, 1.165) is 5.56 Å². The summed E-state index contributed by atoms with van der Waals surface area (Å²) in [7, 11) is 0.634. The topological polar surface area (TPSA) is 66.5 Å². The Hall–Kier alpha value is -3.11. The van der Waals surface area contributed by atoms with Gasteiger partial charge in [0.15, 0.2) is 0 Å². The molecule has 10 heteroatoms. The molecule has 236 valence electrons. The largest absolute Gasteiger partial charge is 0.496 e. The molecule has 0 spiro atoms. The summed E-state index contributed by atoms with van der Waals surface area (Å²) in [6.07, 6.45) is -0.513. The van der Waals surface area contributed by atoms with Crippen molar-refractivity contribution in [2.75, 3.05) is 20.2 Å². The Morgan fingerprint density at radius 1 is 1.00 bits per heavy atom. The first-order valence-electron chi connectivity index (χ1n) is 14.7. The van der Waals surface area contributed by atoms with Crippen molar-refractivity contribution in [3.05, 3.63) is 88.7 Å². The number of rotatable bonds is 10. The second-order valence-electron chi connectivity index (χ2n) is 13.1. The van der Waals surface area contributed by atoms with Crippen LogP contribution in [0.5, 0.6) is 11.5 Å². The Labute approximate surface area is 265 Å². The van der Waals surface area contributed by atoms with Gasteiger partial charge in [-0.2, -0.15) is 0 Å². The summed E-state index contributed by atoms with van der Waals surface area (Å²) in [6, 6.07) is 20.1. The number of benzene rings is 3. The van der Waals surface area contributed by atoms with Crippen LogP contribution in [-0.4, -0.2) is 55.1 Å². The van der Waals surface area contributed by atoms with Gasteiger partial charge in [-0.05, 0) is 66.2 Å². The van der Waals surface area contributed by atoms with Crippen molar-refractivity contribution < 1.29 is 32.7 Å². The summed E-state index contributed by atoms with van der Waals surface area (Å²) < 4.78 is 46.6. The van der Waals surface area contributed by atoms with Crippen molar-refractivity contribution in [1.29, 1.82) is 0 Å². The Morgan fingerprint density at radius 2 is 1.57 bits per heavy atom. The molecule has 1 atom stereocenters. The van der Waals surface area contributed by atoms with Crippen molar-refractivity contribution in [3.63, 3.8) is 0 Å². The van der Waals surface area contributed by atoms with Crippen molar-refractivity contribution in [3.8, 4) is 11.5 Å². The highest BCUT2D eigenvalue weighted by Crippen LogP contribution is 2.41. The fraction of sp³-hybridized carbons (Fsp3) is 0.441. The number of halogens is 2. The quantitative estimate of drug-likeness (QED) is 0.215. The van der Waals surface area contributed by atoms with Crippen molar-refractivity contribution in [2.45, 2.75) is 77.8 Å². The maximum absolute atomic E-state index is 15.6. The number of hydrogen-bond acceptors (Lipinski definition) is 6. The molecule has 1 saturated heterocycles. The fourth-order valence-electron chi connectivity index (χ4n) is 4.81. The van der Waals surface area contributed by atoms with Crippen LogP contribution in [0.2, 0.25) is 5.02 Å². The van der Waals surface area contributed by atoms with E-state index in [1.54, 1.807) is 40.0 Å². The summed E-state index contributed by atoms with van der Waals surface area (Å²) in [5, 5.41) is -0.146. The SMILES string of the molecule is CN(C[C@@H](COCc1ccccc1)c1c(Oc2ccccc2)cc(F)c(Cl)c1B1OC(C)(C)C(C)(C)O1)C(=O)OC(C)(C)C. The van der Waals surface area contributed by atoms with E-state index in [1.165, 1.54) is 11.0 Å². The highest BCUT2D eigenvalue weighted by Gasteiger charge is 2.54. The highest BCUT2D eigenvalue weighted by atomic mass is 35.5. The number of para-hydroxylation sites is 1. The molecule has 1 fully saturated rings. The molecule has 4 rings (SSSR count). The van der Waals surface area contributed by atoms with Crippen molar-refractivity contribution >= 4 is 30.3 Å². The molecule has 0 N–H and O–H groups in total. The zero-order chi connectivity index (χ0) is 32.3. The van der Waals surface area contributed by atoms with Crippen LogP contribution >= 0.6 is 11.6 Å². The molecule has 0 saturated carbocycles. The minimum atomic E-state index is -1.01. The van der Waals surface area contributed by atoms with E-state index in [-0.39, 0.29) is 23.9 Å². The third kappa shape index (κ3) is 8.13. The van der Waals surface area contributed by atoms with Crippen LogP contribution in [0.1, 0.15) is 65.5 Å². The number of hydrogen-bond donors (Lipinski definition) is 0. The maximum atomic E-state index is 15.6. The lowest BCUT2D eigenvalue weighted by atomic mass is 9.72. The van der Waals surface area contributed by atoms with Crippen LogP contribution in [0.3, 0.4) is 0 Å².